The summed E-state index contributed by atoms with van der Waals surface area (Å²) >= 11 is 0. The van der Waals surface area contributed by atoms with Crippen LogP contribution in [0.4, 0.5) is 0 Å². The quantitative estimate of drug-likeness (QED) is 0.0905. The van der Waals surface area contributed by atoms with Crippen LogP contribution in [0.3, 0.4) is 0 Å². The molecule has 3 unspecified atom stereocenters. The molecule has 0 saturated carbocycles. The molecule has 0 fully saturated rings. The molecule has 12 heteroatoms. The Morgan fingerprint density at radius 1 is 0.895 bits per heavy atom. The molecule has 230 valence electrons. The van der Waals surface area contributed by atoms with Gasteiger partial charge in [0.15, 0.2) is 0 Å². The maximum absolute atomic E-state index is 11.5. The number of hydrogen-bond acceptors (Lipinski definition) is 7. The number of esters is 1. The normalized spacial score (nSPS) is 14.3. The molecule has 0 saturated heterocycles. The van der Waals surface area contributed by atoms with Gasteiger partial charge in [-0.15, -0.1) is 0 Å². The predicted molar refractivity (Wildman–Crippen MR) is 147 cm³/mol. The SMILES string of the molecule is CCC(C)C(=O)NCCC[N+](C)(C)CC(C)O.CCC(C)C(=O)OCCC[N+](C)(C)CCCS(=O)(=O)[O-].[Cl-]. The van der Waals surface area contributed by atoms with Crippen molar-refractivity contribution in [1.82, 2.24) is 5.32 Å². The molecule has 1 amide bonds. The zero-order valence-corrected chi connectivity index (χ0v) is 26.9. The monoisotopic (exact) mass is 589 g/mol. The van der Waals surface area contributed by atoms with Crippen LogP contribution in [-0.4, -0.2) is 118 Å². The van der Waals surface area contributed by atoms with E-state index in [1.807, 2.05) is 48.7 Å². The van der Waals surface area contributed by atoms with Crippen LogP contribution < -0.4 is 17.7 Å². The van der Waals surface area contributed by atoms with Crippen molar-refractivity contribution in [2.24, 2.45) is 11.8 Å². The number of hydrogen-bond donors (Lipinski definition) is 2. The summed E-state index contributed by atoms with van der Waals surface area (Å²) < 4.78 is 38.1. The first kappa shape index (κ1) is 41.5. The molecule has 0 aliphatic carbocycles. The first-order valence-corrected chi connectivity index (χ1v) is 15.1. The second-order valence-corrected chi connectivity index (χ2v) is 13.0. The summed E-state index contributed by atoms with van der Waals surface area (Å²) in [6, 6.07) is 0. The lowest BCUT2D eigenvalue weighted by molar-refractivity contribution is -0.893. The molecule has 10 nitrogen and oxygen atoms in total. The van der Waals surface area contributed by atoms with Gasteiger partial charge in [-0.25, -0.2) is 8.42 Å². The Hall–Kier alpha value is -0.980. The van der Waals surface area contributed by atoms with Gasteiger partial charge in [-0.2, -0.15) is 0 Å². The lowest BCUT2D eigenvalue weighted by Crippen LogP contribution is -3.00. The smallest absolute Gasteiger partial charge is 0.308 e. The average molecular weight is 590 g/mol. The van der Waals surface area contributed by atoms with Crippen molar-refractivity contribution in [2.45, 2.75) is 72.8 Å². The van der Waals surface area contributed by atoms with Gasteiger partial charge in [-0.1, -0.05) is 27.7 Å². The predicted octanol–water partition coefficient (Wildman–Crippen LogP) is -1.02. The molecule has 0 heterocycles. The van der Waals surface area contributed by atoms with E-state index < -0.39 is 10.1 Å². The molecule has 2 N–H and O–H groups in total. The molecule has 0 rings (SSSR count). The molecule has 0 radical (unpaired) electrons. The number of aliphatic hydroxyl groups excluding tert-OH is 1. The molecular formula is C26H56ClN3O7S. The van der Waals surface area contributed by atoms with Gasteiger partial charge >= 0.3 is 5.97 Å². The number of halogens is 1. The van der Waals surface area contributed by atoms with E-state index in [0.717, 1.165) is 56.3 Å². The second-order valence-electron chi connectivity index (χ2n) is 11.5. The number of likely N-dealkylation sites (N-methyl/N-ethyl adjacent to an activating group) is 1. The van der Waals surface area contributed by atoms with Gasteiger partial charge in [0.2, 0.25) is 5.91 Å². The number of nitrogens with zero attached hydrogens (tertiary/aromatic N) is 2. The lowest BCUT2D eigenvalue weighted by atomic mass is 10.1. The van der Waals surface area contributed by atoms with Crippen molar-refractivity contribution < 1.29 is 53.8 Å². The van der Waals surface area contributed by atoms with Crippen LogP contribution >= 0.6 is 0 Å². The van der Waals surface area contributed by atoms with Gasteiger partial charge in [-0.3, -0.25) is 9.59 Å². The van der Waals surface area contributed by atoms with E-state index in [4.69, 9.17) is 4.74 Å². The summed E-state index contributed by atoms with van der Waals surface area (Å²) in [5, 5.41) is 12.3. The van der Waals surface area contributed by atoms with Crippen LogP contribution in [0.15, 0.2) is 0 Å². The van der Waals surface area contributed by atoms with E-state index >= 15 is 0 Å². The average Bonchev–Trinajstić information content (AvgIpc) is 2.76. The molecule has 3 atom stereocenters. The van der Waals surface area contributed by atoms with Crippen molar-refractivity contribution in [3.63, 3.8) is 0 Å². The Morgan fingerprint density at radius 3 is 1.87 bits per heavy atom. The van der Waals surface area contributed by atoms with Crippen LogP contribution in [0.1, 0.15) is 66.7 Å². The fraction of sp³-hybridized carbons (Fsp3) is 0.923. The van der Waals surface area contributed by atoms with Crippen LogP contribution in [0.5, 0.6) is 0 Å². The van der Waals surface area contributed by atoms with Crippen LogP contribution in [0, 0.1) is 11.8 Å². The Kier molecular flexibility index (Phi) is 22.8. The number of rotatable bonds is 18. The van der Waals surface area contributed by atoms with E-state index in [1.54, 1.807) is 0 Å². The maximum atomic E-state index is 11.5. The third-order valence-electron chi connectivity index (χ3n) is 6.38. The Bertz CT molecular complexity index is 747. The highest BCUT2D eigenvalue weighted by molar-refractivity contribution is 7.85. The van der Waals surface area contributed by atoms with Crippen molar-refractivity contribution in [3.8, 4) is 0 Å². The zero-order chi connectivity index (χ0) is 29.3. The number of carbonyl (C=O) groups is 2. The van der Waals surface area contributed by atoms with Gasteiger partial charge in [0.25, 0.3) is 0 Å². The first-order valence-electron chi connectivity index (χ1n) is 13.6. The summed E-state index contributed by atoms with van der Waals surface area (Å²) in [5.41, 5.74) is 0. The molecule has 0 aromatic rings. The topological polar surface area (TPSA) is 133 Å². The molecule has 0 aliphatic heterocycles. The summed E-state index contributed by atoms with van der Waals surface area (Å²) in [7, 11) is 4.01. The third kappa shape index (κ3) is 25.3. The summed E-state index contributed by atoms with van der Waals surface area (Å²) in [6.45, 7) is 13.8. The Labute approximate surface area is 238 Å². The first-order chi connectivity index (χ1) is 16.9. The summed E-state index contributed by atoms with van der Waals surface area (Å²) in [5.74, 6) is -0.309. The van der Waals surface area contributed by atoms with Gasteiger partial charge < -0.3 is 41.1 Å². The minimum atomic E-state index is -4.12. The highest BCUT2D eigenvalue weighted by Crippen LogP contribution is 2.06. The van der Waals surface area contributed by atoms with E-state index in [-0.39, 0.29) is 48.0 Å². The van der Waals surface area contributed by atoms with E-state index in [1.165, 1.54) is 0 Å². The molecule has 0 spiro atoms. The maximum Gasteiger partial charge on any atom is 0.308 e. The second kappa shape index (κ2) is 20.9. The molecule has 38 heavy (non-hydrogen) atoms. The number of quaternary nitrogens is 2. The minimum Gasteiger partial charge on any atom is -1.00 e. The van der Waals surface area contributed by atoms with Gasteiger partial charge in [0.05, 0.1) is 70.5 Å². The molecule has 0 aromatic carbocycles. The van der Waals surface area contributed by atoms with E-state index in [2.05, 4.69) is 19.4 Å². The largest absolute Gasteiger partial charge is 1.00 e. The van der Waals surface area contributed by atoms with Gasteiger partial charge in [-0.05, 0) is 19.8 Å². The Morgan fingerprint density at radius 2 is 1.39 bits per heavy atom. The number of ether oxygens (including phenoxy) is 1. The standard InChI is InChI=1S/C13H28N2O2.C13H27NO5S.ClH/c1-6-11(2)13(17)14-8-7-9-15(4,5)10-12(3)16;1-5-12(2)13(15)19-10-6-8-14(3,4)9-7-11-20(16,17)18;/h11-12,16H,6-10H2,1-5H3;12H,5-11H2,1-4H3;1H. The summed E-state index contributed by atoms with van der Waals surface area (Å²) in [6.07, 6.45) is 3.39. The van der Waals surface area contributed by atoms with Crippen molar-refractivity contribution in [3.05, 3.63) is 0 Å². The lowest BCUT2D eigenvalue weighted by Gasteiger charge is -2.31. The molecule has 0 aliphatic rings. The zero-order valence-electron chi connectivity index (χ0n) is 25.3. The molecular weight excluding hydrogens is 534 g/mol. The number of carbonyl (C=O) groups excluding carboxylic acids is 2. The molecule has 0 bridgehead atoms. The van der Waals surface area contributed by atoms with Crippen molar-refractivity contribution >= 4 is 22.0 Å². The summed E-state index contributed by atoms with van der Waals surface area (Å²) in [4.78, 5) is 23.0. The van der Waals surface area contributed by atoms with Crippen molar-refractivity contribution in [2.75, 3.05) is 73.3 Å². The third-order valence-corrected chi connectivity index (χ3v) is 7.17. The highest BCUT2D eigenvalue weighted by Gasteiger charge is 2.18. The number of aliphatic hydroxyl groups is 1. The van der Waals surface area contributed by atoms with Gasteiger partial charge in [0, 0.05) is 37.5 Å². The number of nitrogens with one attached hydrogen (secondary N) is 1. The molecule has 0 aromatic heterocycles. The van der Waals surface area contributed by atoms with Crippen molar-refractivity contribution in [1.29, 1.82) is 0 Å². The van der Waals surface area contributed by atoms with Crippen LogP contribution in [0.2, 0.25) is 0 Å². The fourth-order valence-corrected chi connectivity index (χ4v) is 4.12. The minimum absolute atomic E-state index is 0. The van der Waals surface area contributed by atoms with E-state index in [0.29, 0.717) is 24.1 Å². The fourth-order valence-electron chi connectivity index (χ4n) is 3.64. The Balaban J connectivity index is -0.000000636. The van der Waals surface area contributed by atoms with Gasteiger partial charge in [0.1, 0.15) is 12.6 Å². The van der Waals surface area contributed by atoms with Crippen LogP contribution in [-0.2, 0) is 24.4 Å². The van der Waals surface area contributed by atoms with E-state index in [9.17, 15) is 27.7 Å². The van der Waals surface area contributed by atoms with Crippen LogP contribution in [0.25, 0.3) is 0 Å². The number of amides is 1. The highest BCUT2D eigenvalue weighted by atomic mass is 35.5.